The van der Waals surface area contributed by atoms with Gasteiger partial charge in [-0.25, -0.2) is 8.42 Å². The number of carbonyl (C=O) groups is 1. The number of benzene rings is 1. The molecular formula is C17H25N3O6S. The van der Waals surface area contributed by atoms with Crippen molar-refractivity contribution in [2.75, 3.05) is 31.1 Å². The molecule has 0 radical (unpaired) electrons. The lowest BCUT2D eigenvalue weighted by Gasteiger charge is -2.36. The van der Waals surface area contributed by atoms with E-state index in [1.54, 1.807) is 18.7 Å². The molecule has 1 aromatic carbocycles. The van der Waals surface area contributed by atoms with Crippen molar-refractivity contribution < 1.29 is 23.2 Å². The Morgan fingerprint density at radius 1 is 1.33 bits per heavy atom. The number of carboxylic acid groups (broad SMARTS) is 1. The Morgan fingerprint density at radius 3 is 2.48 bits per heavy atom. The molecule has 2 unspecified atom stereocenters. The summed E-state index contributed by atoms with van der Waals surface area (Å²) in [4.78, 5) is 23.9. The summed E-state index contributed by atoms with van der Waals surface area (Å²) < 4.78 is 26.6. The Balaban J connectivity index is 2.47. The SMILES string of the molecule is CCN(CC)S(=O)(=O)c1ccc(N2CC(C)CC(C(=O)O)C2)c([N+](=O)[O-])c1. The number of anilines is 1. The van der Waals surface area contributed by atoms with Crippen LogP contribution in [-0.4, -0.2) is 54.9 Å². The van der Waals surface area contributed by atoms with E-state index in [4.69, 9.17) is 0 Å². The predicted molar refractivity (Wildman–Crippen MR) is 100 cm³/mol. The van der Waals surface area contributed by atoms with Gasteiger partial charge in [0, 0.05) is 32.2 Å². The molecule has 0 amide bonds. The molecule has 0 saturated carbocycles. The molecular weight excluding hydrogens is 374 g/mol. The van der Waals surface area contributed by atoms with Crippen molar-refractivity contribution in [3.63, 3.8) is 0 Å². The molecule has 1 saturated heterocycles. The van der Waals surface area contributed by atoms with Crippen LogP contribution in [0, 0.1) is 22.0 Å². The lowest BCUT2D eigenvalue weighted by atomic mass is 9.90. The highest BCUT2D eigenvalue weighted by molar-refractivity contribution is 7.89. The van der Waals surface area contributed by atoms with Crippen molar-refractivity contribution in [2.45, 2.75) is 32.1 Å². The third kappa shape index (κ3) is 4.38. The summed E-state index contributed by atoms with van der Waals surface area (Å²) in [5, 5.41) is 20.9. The molecule has 2 rings (SSSR count). The van der Waals surface area contributed by atoms with Crippen LogP contribution in [0.5, 0.6) is 0 Å². The number of hydrogen-bond donors (Lipinski definition) is 1. The van der Waals surface area contributed by atoms with Crippen LogP contribution in [0.1, 0.15) is 27.2 Å². The highest BCUT2D eigenvalue weighted by atomic mass is 32.2. The lowest BCUT2D eigenvalue weighted by molar-refractivity contribution is -0.384. The normalized spacial score (nSPS) is 20.7. The summed E-state index contributed by atoms with van der Waals surface area (Å²) in [6.45, 7) is 6.45. The zero-order valence-electron chi connectivity index (χ0n) is 15.7. The highest BCUT2D eigenvalue weighted by Crippen LogP contribution is 2.35. The fourth-order valence-corrected chi connectivity index (χ4v) is 5.00. The van der Waals surface area contributed by atoms with Crippen molar-refractivity contribution >= 4 is 27.4 Å². The number of aliphatic carboxylic acids is 1. The van der Waals surface area contributed by atoms with Gasteiger partial charge in [-0.2, -0.15) is 4.31 Å². The molecule has 0 spiro atoms. The fraction of sp³-hybridized carbons (Fsp3) is 0.588. The van der Waals surface area contributed by atoms with Crippen LogP contribution in [0.15, 0.2) is 23.1 Å². The summed E-state index contributed by atoms with van der Waals surface area (Å²) in [5.74, 6) is -1.50. The fourth-order valence-electron chi connectivity index (χ4n) is 3.52. The van der Waals surface area contributed by atoms with E-state index in [9.17, 15) is 28.4 Å². The molecule has 1 N–H and O–H groups in total. The molecule has 150 valence electrons. The van der Waals surface area contributed by atoms with Gasteiger partial charge < -0.3 is 10.0 Å². The number of piperidine rings is 1. The van der Waals surface area contributed by atoms with Gasteiger partial charge in [0.25, 0.3) is 5.69 Å². The summed E-state index contributed by atoms with van der Waals surface area (Å²) in [5.41, 5.74) is -0.0854. The molecule has 10 heteroatoms. The van der Waals surface area contributed by atoms with Crippen molar-refractivity contribution in [1.29, 1.82) is 0 Å². The van der Waals surface area contributed by atoms with E-state index in [2.05, 4.69) is 0 Å². The first-order chi connectivity index (χ1) is 12.6. The topological polar surface area (TPSA) is 121 Å². The van der Waals surface area contributed by atoms with E-state index in [1.165, 1.54) is 16.4 Å². The lowest BCUT2D eigenvalue weighted by Crippen LogP contribution is -2.42. The Hall–Kier alpha value is -2.20. The highest BCUT2D eigenvalue weighted by Gasteiger charge is 2.33. The predicted octanol–water partition coefficient (Wildman–Crippen LogP) is 2.17. The minimum absolute atomic E-state index is 0.0542. The number of nitro groups is 1. The second kappa shape index (κ2) is 8.22. The van der Waals surface area contributed by atoms with Crippen molar-refractivity contribution in [3.05, 3.63) is 28.3 Å². The van der Waals surface area contributed by atoms with Gasteiger partial charge in [0.15, 0.2) is 0 Å². The number of nitro benzene ring substituents is 1. The molecule has 0 bridgehead atoms. The number of hydrogen-bond acceptors (Lipinski definition) is 6. The standard InChI is InChI=1S/C17H25N3O6S/c1-4-19(5-2)27(25,26)14-6-7-15(16(9-14)20(23)24)18-10-12(3)8-13(11-18)17(21)22/h6-7,9,12-13H,4-5,8,10-11H2,1-3H3,(H,21,22). The quantitative estimate of drug-likeness (QED) is 0.551. The Labute approximate surface area is 158 Å². The van der Waals surface area contributed by atoms with E-state index in [0.717, 1.165) is 6.07 Å². The average molecular weight is 399 g/mol. The molecule has 1 fully saturated rings. The van der Waals surface area contributed by atoms with Gasteiger partial charge in [-0.1, -0.05) is 20.8 Å². The molecule has 9 nitrogen and oxygen atoms in total. The molecule has 1 heterocycles. The van der Waals surface area contributed by atoms with E-state index in [0.29, 0.717) is 13.0 Å². The van der Waals surface area contributed by atoms with Gasteiger partial charge in [0.05, 0.1) is 15.7 Å². The number of sulfonamides is 1. The first-order valence-corrected chi connectivity index (χ1v) is 10.3. The van der Waals surface area contributed by atoms with Gasteiger partial charge >= 0.3 is 5.97 Å². The van der Waals surface area contributed by atoms with Crippen LogP contribution in [0.25, 0.3) is 0 Å². The van der Waals surface area contributed by atoms with E-state index < -0.39 is 26.8 Å². The van der Waals surface area contributed by atoms with Crippen LogP contribution in [0.3, 0.4) is 0 Å². The monoisotopic (exact) mass is 399 g/mol. The van der Waals surface area contributed by atoms with Gasteiger partial charge in [0.1, 0.15) is 5.69 Å². The Morgan fingerprint density at radius 2 is 1.96 bits per heavy atom. The zero-order valence-corrected chi connectivity index (χ0v) is 16.5. The molecule has 0 aliphatic carbocycles. The molecule has 2 atom stereocenters. The second-order valence-electron chi connectivity index (χ2n) is 6.78. The van der Waals surface area contributed by atoms with Crippen LogP contribution in [0.4, 0.5) is 11.4 Å². The van der Waals surface area contributed by atoms with E-state index in [-0.39, 0.29) is 41.8 Å². The first kappa shape index (κ1) is 21.1. The van der Waals surface area contributed by atoms with Crippen molar-refractivity contribution in [1.82, 2.24) is 4.31 Å². The smallest absolute Gasteiger partial charge is 0.308 e. The maximum Gasteiger partial charge on any atom is 0.308 e. The molecule has 1 aromatic rings. The van der Waals surface area contributed by atoms with Gasteiger partial charge in [-0.05, 0) is 24.5 Å². The zero-order chi connectivity index (χ0) is 20.4. The average Bonchev–Trinajstić information content (AvgIpc) is 2.61. The van der Waals surface area contributed by atoms with Crippen molar-refractivity contribution in [3.8, 4) is 0 Å². The summed E-state index contributed by atoms with van der Waals surface area (Å²) in [6, 6.07) is 3.83. The third-order valence-electron chi connectivity index (χ3n) is 4.84. The minimum atomic E-state index is -3.82. The molecule has 1 aliphatic rings. The van der Waals surface area contributed by atoms with Gasteiger partial charge in [-0.15, -0.1) is 0 Å². The van der Waals surface area contributed by atoms with Crippen LogP contribution >= 0.6 is 0 Å². The molecule has 0 aromatic heterocycles. The van der Waals surface area contributed by atoms with Crippen LogP contribution in [0.2, 0.25) is 0 Å². The summed E-state index contributed by atoms with van der Waals surface area (Å²) in [7, 11) is -3.82. The maximum absolute atomic E-state index is 12.7. The summed E-state index contributed by atoms with van der Waals surface area (Å²) >= 11 is 0. The largest absolute Gasteiger partial charge is 0.481 e. The minimum Gasteiger partial charge on any atom is -0.481 e. The maximum atomic E-state index is 12.7. The second-order valence-corrected chi connectivity index (χ2v) is 8.72. The van der Waals surface area contributed by atoms with E-state index in [1.807, 2.05) is 6.92 Å². The van der Waals surface area contributed by atoms with Crippen LogP contribution in [-0.2, 0) is 14.8 Å². The van der Waals surface area contributed by atoms with Gasteiger partial charge in [0.2, 0.25) is 10.0 Å². The van der Waals surface area contributed by atoms with E-state index >= 15 is 0 Å². The summed E-state index contributed by atoms with van der Waals surface area (Å²) in [6.07, 6.45) is 0.508. The van der Waals surface area contributed by atoms with Gasteiger partial charge in [-0.3, -0.25) is 14.9 Å². The van der Waals surface area contributed by atoms with Crippen molar-refractivity contribution in [2.24, 2.45) is 11.8 Å². The Bertz CT molecular complexity index is 822. The Kier molecular flexibility index (Phi) is 6.42. The first-order valence-electron chi connectivity index (χ1n) is 8.88. The van der Waals surface area contributed by atoms with Crippen LogP contribution < -0.4 is 4.90 Å². The molecule has 1 aliphatic heterocycles. The number of carboxylic acids is 1. The number of nitrogens with zero attached hydrogens (tertiary/aromatic N) is 3. The number of rotatable bonds is 7. The molecule has 27 heavy (non-hydrogen) atoms. The third-order valence-corrected chi connectivity index (χ3v) is 6.88.